The van der Waals surface area contributed by atoms with E-state index in [4.69, 9.17) is 0 Å². The Morgan fingerprint density at radius 3 is 1.00 bits per heavy atom. The van der Waals surface area contributed by atoms with Gasteiger partial charge in [-0.25, -0.2) is 0 Å². The minimum absolute atomic E-state index is 0. The molecule has 0 fully saturated rings. The van der Waals surface area contributed by atoms with Crippen molar-refractivity contribution in [3.05, 3.63) is 0 Å². The zero-order valence-electron chi connectivity index (χ0n) is 2.23. The fourth-order valence-corrected chi connectivity index (χ4v) is 0. The molecule has 0 unspecified atom stereocenters. The summed E-state index contributed by atoms with van der Waals surface area (Å²) in [6.45, 7) is 0. The van der Waals surface area contributed by atoms with Crippen LogP contribution in [-0.2, 0) is 34.1 Å². The predicted octanol–water partition coefficient (Wildman–Crippen LogP) is -1.21. The molecule has 0 aromatic carbocycles. The summed E-state index contributed by atoms with van der Waals surface area (Å²) in [5, 5.41) is 0. The Kier molecular flexibility index (Phi) is 271. The zero-order valence-corrected chi connectivity index (χ0v) is 4.52. The van der Waals surface area contributed by atoms with Crippen LogP contribution in [-0.4, -0.2) is 24.3 Å². The standard InChI is InChI=1S/Fe.Li.Mn.H2O/h;;;1H2. The van der Waals surface area contributed by atoms with E-state index in [9.17, 15) is 0 Å². The van der Waals surface area contributed by atoms with Gasteiger partial charge in [0.15, 0.2) is 0 Å². The van der Waals surface area contributed by atoms with Gasteiger partial charge in [0.2, 0.25) is 0 Å². The molecule has 0 heterocycles. The van der Waals surface area contributed by atoms with E-state index >= 15 is 0 Å². The molecule has 0 aromatic rings. The van der Waals surface area contributed by atoms with Crippen LogP contribution in [0, 0.1) is 0 Å². The Balaban J connectivity index is 0. The fraction of sp³-hybridized carbons (Fsp3) is 0. The van der Waals surface area contributed by atoms with Crippen LogP contribution in [0.2, 0.25) is 0 Å². The molecule has 0 spiro atoms. The quantitative estimate of drug-likeness (QED) is 0.374. The molecule has 0 aliphatic heterocycles. The number of hydrogen-bond donors (Lipinski definition) is 0. The second-order valence-corrected chi connectivity index (χ2v) is 0. The van der Waals surface area contributed by atoms with Gasteiger partial charge in [-0.1, -0.05) is 0 Å². The first-order valence-electron chi connectivity index (χ1n) is 0. The molecule has 0 atom stereocenters. The van der Waals surface area contributed by atoms with E-state index in [1.807, 2.05) is 0 Å². The molecule has 0 aliphatic rings. The third-order valence-corrected chi connectivity index (χ3v) is 0. The molecule has 1 nitrogen and oxygen atoms in total. The topological polar surface area (TPSA) is 31.5 Å². The molecule has 24 valence electrons. The molecular weight excluding hydrogens is 134 g/mol. The SMILES string of the molecule is O.[Fe].[Li].[Mn]. The molecule has 4 heteroatoms. The third-order valence-electron chi connectivity index (χ3n) is 0. The Morgan fingerprint density at radius 1 is 1.00 bits per heavy atom. The van der Waals surface area contributed by atoms with E-state index in [1.54, 1.807) is 0 Å². The van der Waals surface area contributed by atoms with Crippen LogP contribution < -0.4 is 0 Å². The molecule has 0 aromatic heterocycles. The van der Waals surface area contributed by atoms with E-state index in [0.717, 1.165) is 0 Å². The van der Waals surface area contributed by atoms with Gasteiger partial charge in [0.05, 0.1) is 0 Å². The van der Waals surface area contributed by atoms with Crippen LogP contribution in [0.25, 0.3) is 0 Å². The molecule has 0 amide bonds. The number of rotatable bonds is 0. The molecule has 4 heavy (non-hydrogen) atoms. The van der Waals surface area contributed by atoms with E-state index in [0.29, 0.717) is 0 Å². The fourth-order valence-electron chi connectivity index (χ4n) is 0. The normalized spacial score (nSPS) is 0. The molecule has 0 saturated heterocycles. The third kappa shape index (κ3) is 9.51. The molecular formula is H2FeLiMnO. The molecule has 0 bridgehead atoms. The van der Waals surface area contributed by atoms with Gasteiger partial charge in [0, 0.05) is 53.0 Å². The first-order valence-corrected chi connectivity index (χ1v) is 0. The smallest absolute Gasteiger partial charge is 0 e. The van der Waals surface area contributed by atoms with Crippen molar-refractivity contribution >= 4 is 18.9 Å². The van der Waals surface area contributed by atoms with Crippen LogP contribution >= 0.6 is 0 Å². The van der Waals surface area contributed by atoms with Crippen molar-refractivity contribution in [2.45, 2.75) is 0 Å². The maximum atomic E-state index is 0. The van der Waals surface area contributed by atoms with Crippen LogP contribution in [0.3, 0.4) is 0 Å². The summed E-state index contributed by atoms with van der Waals surface area (Å²) in [6, 6.07) is 0. The largest absolute Gasteiger partial charge is 0.412 e. The first kappa shape index (κ1) is 46.4. The summed E-state index contributed by atoms with van der Waals surface area (Å²) in [5.74, 6) is 0. The van der Waals surface area contributed by atoms with Crippen LogP contribution in [0.15, 0.2) is 0 Å². The number of hydrogen-bond acceptors (Lipinski definition) is 0. The summed E-state index contributed by atoms with van der Waals surface area (Å²) < 4.78 is 0. The zero-order chi connectivity index (χ0) is 0. The van der Waals surface area contributed by atoms with Gasteiger partial charge < -0.3 is 5.48 Å². The van der Waals surface area contributed by atoms with Crippen molar-refractivity contribution < 1.29 is 39.6 Å². The van der Waals surface area contributed by atoms with E-state index < -0.39 is 0 Å². The predicted molar refractivity (Wildman–Crippen MR) is 9.37 cm³/mol. The summed E-state index contributed by atoms with van der Waals surface area (Å²) in [6.07, 6.45) is 0. The minimum atomic E-state index is 0. The minimum Gasteiger partial charge on any atom is -0.412 e. The van der Waals surface area contributed by atoms with Crippen molar-refractivity contribution in [2.24, 2.45) is 0 Å². The van der Waals surface area contributed by atoms with E-state index in [1.165, 1.54) is 0 Å². The molecule has 0 rings (SSSR count). The average molecular weight is 136 g/mol. The average Bonchev–Trinajstić information content (AvgIpc) is 0. The molecule has 0 saturated carbocycles. The van der Waals surface area contributed by atoms with Gasteiger partial charge in [0.1, 0.15) is 0 Å². The second-order valence-electron chi connectivity index (χ2n) is 0. The van der Waals surface area contributed by atoms with Crippen molar-refractivity contribution in [3.8, 4) is 0 Å². The van der Waals surface area contributed by atoms with E-state index in [2.05, 4.69) is 0 Å². The molecule has 2 radical (unpaired) electrons. The Morgan fingerprint density at radius 2 is 1.00 bits per heavy atom. The van der Waals surface area contributed by atoms with Crippen LogP contribution in [0.5, 0.6) is 0 Å². The van der Waals surface area contributed by atoms with Gasteiger partial charge >= 0.3 is 0 Å². The maximum absolute atomic E-state index is 0. The van der Waals surface area contributed by atoms with Gasteiger partial charge in [-0.3, -0.25) is 0 Å². The summed E-state index contributed by atoms with van der Waals surface area (Å²) in [7, 11) is 0. The van der Waals surface area contributed by atoms with Gasteiger partial charge in [-0.2, -0.15) is 0 Å². The van der Waals surface area contributed by atoms with E-state index in [-0.39, 0.29) is 58.5 Å². The van der Waals surface area contributed by atoms with Crippen molar-refractivity contribution in [1.29, 1.82) is 0 Å². The maximum Gasteiger partial charge on any atom is 0 e. The Hall–Kier alpha value is 1.60. The monoisotopic (exact) mass is 136 g/mol. The molecule has 0 aliphatic carbocycles. The van der Waals surface area contributed by atoms with Gasteiger partial charge in [-0.05, 0) is 0 Å². The van der Waals surface area contributed by atoms with Crippen LogP contribution in [0.1, 0.15) is 0 Å². The summed E-state index contributed by atoms with van der Waals surface area (Å²) >= 11 is 0. The van der Waals surface area contributed by atoms with Gasteiger partial charge in [-0.15, -0.1) is 0 Å². The van der Waals surface area contributed by atoms with Crippen LogP contribution in [0.4, 0.5) is 0 Å². The molecule has 2 N–H and O–H groups in total. The van der Waals surface area contributed by atoms with Crippen molar-refractivity contribution in [1.82, 2.24) is 0 Å². The second kappa shape index (κ2) is 23.3. The first-order chi connectivity index (χ1) is 0. The van der Waals surface area contributed by atoms with Gasteiger partial charge in [0.25, 0.3) is 0 Å². The van der Waals surface area contributed by atoms with Crippen molar-refractivity contribution in [3.63, 3.8) is 0 Å². The summed E-state index contributed by atoms with van der Waals surface area (Å²) in [5.41, 5.74) is 0. The van der Waals surface area contributed by atoms with Crippen molar-refractivity contribution in [2.75, 3.05) is 0 Å². The summed E-state index contributed by atoms with van der Waals surface area (Å²) in [4.78, 5) is 0. The Labute approximate surface area is 58.3 Å². The Bertz CT molecular complexity index is 8.00.